The Morgan fingerprint density at radius 1 is 1.08 bits per heavy atom. The summed E-state index contributed by atoms with van der Waals surface area (Å²) in [5.74, 6) is 1.40. The topological polar surface area (TPSA) is 47.6 Å². The highest BCUT2D eigenvalue weighted by Crippen LogP contribution is 2.19. The van der Waals surface area contributed by atoms with Gasteiger partial charge in [0.1, 0.15) is 11.5 Å². The molecule has 0 fully saturated rings. The van der Waals surface area contributed by atoms with Crippen molar-refractivity contribution in [3.8, 4) is 11.5 Å². The third-order valence-electron chi connectivity index (χ3n) is 3.74. The van der Waals surface area contributed by atoms with Gasteiger partial charge < -0.3 is 14.8 Å². The summed E-state index contributed by atoms with van der Waals surface area (Å²) in [5, 5.41) is 2.93. The van der Waals surface area contributed by atoms with Crippen LogP contribution in [0.4, 0.5) is 0 Å². The van der Waals surface area contributed by atoms with Crippen LogP contribution >= 0.6 is 0 Å². The standard InChI is InChI=1S/C20H25NO3/c1-5-19(24-18-10-14(2)9-15(3)11-18)20(22)21-13-16-7-6-8-17(12-16)23-4/h6-12,19H,5,13H2,1-4H3,(H,21,22). The van der Waals surface area contributed by atoms with Gasteiger partial charge in [-0.25, -0.2) is 0 Å². The van der Waals surface area contributed by atoms with Crippen molar-refractivity contribution in [2.24, 2.45) is 0 Å². The Labute approximate surface area is 143 Å². The molecule has 0 heterocycles. The first-order chi connectivity index (χ1) is 11.5. The van der Waals surface area contributed by atoms with E-state index < -0.39 is 6.10 Å². The molecular formula is C20H25NO3. The van der Waals surface area contributed by atoms with Crippen LogP contribution in [0.3, 0.4) is 0 Å². The molecule has 2 rings (SSSR count). The average molecular weight is 327 g/mol. The SMILES string of the molecule is CCC(Oc1cc(C)cc(C)c1)C(=O)NCc1cccc(OC)c1. The molecule has 24 heavy (non-hydrogen) atoms. The van der Waals surface area contributed by atoms with Crippen molar-refractivity contribution in [3.63, 3.8) is 0 Å². The van der Waals surface area contributed by atoms with Crippen molar-refractivity contribution in [2.75, 3.05) is 7.11 Å². The van der Waals surface area contributed by atoms with Gasteiger partial charge in [0.15, 0.2) is 6.10 Å². The summed E-state index contributed by atoms with van der Waals surface area (Å²) < 4.78 is 11.1. The summed E-state index contributed by atoms with van der Waals surface area (Å²) in [7, 11) is 1.63. The Morgan fingerprint density at radius 2 is 1.79 bits per heavy atom. The van der Waals surface area contributed by atoms with Crippen LogP contribution in [-0.4, -0.2) is 19.1 Å². The van der Waals surface area contributed by atoms with Crippen LogP contribution in [0, 0.1) is 13.8 Å². The molecule has 0 saturated carbocycles. The second-order valence-corrected chi connectivity index (χ2v) is 5.91. The molecule has 1 unspecified atom stereocenters. The van der Waals surface area contributed by atoms with E-state index in [4.69, 9.17) is 9.47 Å². The number of amides is 1. The number of ether oxygens (including phenoxy) is 2. The number of carbonyl (C=O) groups is 1. The molecule has 0 aliphatic heterocycles. The van der Waals surface area contributed by atoms with Crippen LogP contribution in [0.5, 0.6) is 11.5 Å². The van der Waals surface area contributed by atoms with E-state index in [0.29, 0.717) is 13.0 Å². The second-order valence-electron chi connectivity index (χ2n) is 5.91. The lowest BCUT2D eigenvalue weighted by atomic mass is 10.1. The molecule has 0 spiro atoms. The monoisotopic (exact) mass is 327 g/mol. The fourth-order valence-electron chi connectivity index (χ4n) is 2.57. The zero-order chi connectivity index (χ0) is 17.5. The fourth-order valence-corrected chi connectivity index (χ4v) is 2.57. The smallest absolute Gasteiger partial charge is 0.261 e. The molecule has 1 atom stereocenters. The quantitative estimate of drug-likeness (QED) is 0.842. The average Bonchev–Trinajstić information content (AvgIpc) is 2.57. The van der Waals surface area contributed by atoms with Crippen LogP contribution in [0.25, 0.3) is 0 Å². The van der Waals surface area contributed by atoms with E-state index >= 15 is 0 Å². The first-order valence-electron chi connectivity index (χ1n) is 8.17. The van der Waals surface area contributed by atoms with Gasteiger partial charge in [0.25, 0.3) is 5.91 Å². The third-order valence-corrected chi connectivity index (χ3v) is 3.74. The van der Waals surface area contributed by atoms with Crippen LogP contribution in [0.15, 0.2) is 42.5 Å². The molecule has 128 valence electrons. The zero-order valence-electron chi connectivity index (χ0n) is 14.8. The number of hydrogen-bond donors (Lipinski definition) is 1. The Hall–Kier alpha value is -2.49. The van der Waals surface area contributed by atoms with Gasteiger partial charge in [0, 0.05) is 6.54 Å². The maximum absolute atomic E-state index is 12.4. The zero-order valence-corrected chi connectivity index (χ0v) is 14.8. The van der Waals surface area contributed by atoms with Gasteiger partial charge in [0.2, 0.25) is 0 Å². The van der Waals surface area contributed by atoms with Gasteiger partial charge in [-0.15, -0.1) is 0 Å². The minimum Gasteiger partial charge on any atom is -0.497 e. The summed E-state index contributed by atoms with van der Waals surface area (Å²) in [6.07, 6.45) is 0.105. The van der Waals surface area contributed by atoms with Gasteiger partial charge in [-0.2, -0.15) is 0 Å². The molecule has 0 aliphatic carbocycles. The highest BCUT2D eigenvalue weighted by Gasteiger charge is 2.18. The van der Waals surface area contributed by atoms with Crippen molar-refractivity contribution in [1.82, 2.24) is 5.32 Å². The van der Waals surface area contributed by atoms with E-state index in [1.165, 1.54) is 0 Å². The van der Waals surface area contributed by atoms with Crippen LogP contribution in [0.1, 0.15) is 30.0 Å². The largest absolute Gasteiger partial charge is 0.497 e. The first-order valence-corrected chi connectivity index (χ1v) is 8.17. The molecule has 0 aromatic heterocycles. The lowest BCUT2D eigenvalue weighted by molar-refractivity contribution is -0.128. The van der Waals surface area contributed by atoms with Crippen molar-refractivity contribution in [1.29, 1.82) is 0 Å². The number of methoxy groups -OCH3 is 1. The summed E-state index contributed by atoms with van der Waals surface area (Å²) in [4.78, 5) is 12.4. The van der Waals surface area contributed by atoms with Crippen molar-refractivity contribution in [3.05, 3.63) is 59.2 Å². The summed E-state index contributed by atoms with van der Waals surface area (Å²) in [6, 6.07) is 13.6. The van der Waals surface area contributed by atoms with Crippen molar-refractivity contribution < 1.29 is 14.3 Å². The molecule has 4 heteroatoms. The van der Waals surface area contributed by atoms with Gasteiger partial charge in [-0.05, 0) is 61.2 Å². The summed E-state index contributed by atoms with van der Waals surface area (Å²) >= 11 is 0. The Bertz CT molecular complexity index is 677. The van der Waals surface area contributed by atoms with E-state index in [2.05, 4.69) is 11.4 Å². The number of hydrogen-bond acceptors (Lipinski definition) is 3. The molecular weight excluding hydrogens is 302 g/mol. The predicted octanol–water partition coefficient (Wildman–Crippen LogP) is 3.79. The molecule has 0 bridgehead atoms. The highest BCUT2D eigenvalue weighted by atomic mass is 16.5. The molecule has 2 aromatic carbocycles. The number of aryl methyl sites for hydroxylation is 2. The van der Waals surface area contributed by atoms with E-state index in [0.717, 1.165) is 28.2 Å². The number of carbonyl (C=O) groups excluding carboxylic acids is 1. The summed E-state index contributed by atoms with van der Waals surface area (Å²) in [6.45, 7) is 6.43. The Morgan fingerprint density at radius 3 is 2.42 bits per heavy atom. The third kappa shape index (κ3) is 5.01. The molecule has 0 aliphatic rings. The predicted molar refractivity (Wildman–Crippen MR) is 95.5 cm³/mol. The van der Waals surface area contributed by atoms with E-state index in [9.17, 15) is 4.79 Å². The van der Waals surface area contributed by atoms with Crippen LogP contribution in [-0.2, 0) is 11.3 Å². The summed E-state index contributed by atoms with van der Waals surface area (Å²) in [5.41, 5.74) is 3.23. The Balaban J connectivity index is 1.97. The molecule has 0 saturated heterocycles. The molecule has 1 N–H and O–H groups in total. The normalized spacial score (nSPS) is 11.7. The molecule has 0 radical (unpaired) electrons. The van der Waals surface area contributed by atoms with E-state index in [1.807, 2.05) is 57.2 Å². The molecule has 2 aromatic rings. The lowest BCUT2D eigenvalue weighted by Crippen LogP contribution is -2.37. The highest BCUT2D eigenvalue weighted by molar-refractivity contribution is 5.81. The minimum absolute atomic E-state index is 0.112. The molecule has 1 amide bonds. The second kappa shape index (κ2) is 8.39. The van der Waals surface area contributed by atoms with Gasteiger partial charge in [0.05, 0.1) is 7.11 Å². The van der Waals surface area contributed by atoms with Crippen molar-refractivity contribution >= 4 is 5.91 Å². The van der Waals surface area contributed by atoms with Crippen LogP contribution in [0.2, 0.25) is 0 Å². The first kappa shape index (κ1) is 17.9. The fraction of sp³-hybridized carbons (Fsp3) is 0.350. The van der Waals surface area contributed by atoms with Gasteiger partial charge >= 0.3 is 0 Å². The van der Waals surface area contributed by atoms with Crippen molar-refractivity contribution in [2.45, 2.75) is 39.8 Å². The number of benzene rings is 2. The molecule has 4 nitrogen and oxygen atoms in total. The minimum atomic E-state index is -0.503. The van der Waals surface area contributed by atoms with Gasteiger partial charge in [-0.1, -0.05) is 25.1 Å². The number of nitrogens with one attached hydrogen (secondary N) is 1. The van der Waals surface area contributed by atoms with Gasteiger partial charge in [-0.3, -0.25) is 4.79 Å². The van der Waals surface area contributed by atoms with Crippen LogP contribution < -0.4 is 14.8 Å². The van der Waals surface area contributed by atoms with E-state index in [1.54, 1.807) is 7.11 Å². The van der Waals surface area contributed by atoms with E-state index in [-0.39, 0.29) is 5.91 Å². The maximum Gasteiger partial charge on any atom is 0.261 e. The lowest BCUT2D eigenvalue weighted by Gasteiger charge is -2.18. The maximum atomic E-state index is 12.4. The Kier molecular flexibility index (Phi) is 6.24. The number of rotatable bonds is 7.